The van der Waals surface area contributed by atoms with Crippen LogP contribution < -0.4 is 14.8 Å². The summed E-state index contributed by atoms with van der Waals surface area (Å²) in [7, 11) is 3.17. The van der Waals surface area contributed by atoms with E-state index < -0.39 is 0 Å². The van der Waals surface area contributed by atoms with Crippen LogP contribution in [-0.2, 0) is 0 Å². The normalized spacial score (nSPS) is 9.95. The second kappa shape index (κ2) is 6.43. The highest BCUT2D eigenvalue weighted by Crippen LogP contribution is 2.27. The van der Waals surface area contributed by atoms with Crippen molar-refractivity contribution in [1.29, 1.82) is 0 Å². The number of amides is 1. The smallest absolute Gasteiger partial charge is 0.255 e. The van der Waals surface area contributed by atoms with Crippen LogP contribution >= 0.6 is 15.9 Å². The van der Waals surface area contributed by atoms with Gasteiger partial charge >= 0.3 is 0 Å². The number of carbonyl (C=O) groups is 1. The Bertz CT molecular complexity index is 611. The first-order chi connectivity index (χ1) is 9.63. The van der Waals surface area contributed by atoms with E-state index in [1.807, 2.05) is 12.1 Å². The van der Waals surface area contributed by atoms with Gasteiger partial charge in [-0.1, -0.05) is 0 Å². The second-order valence-corrected chi connectivity index (χ2v) is 4.88. The van der Waals surface area contributed by atoms with Crippen LogP contribution in [0.2, 0.25) is 0 Å². The molecular formula is C15H14BrNO3. The maximum Gasteiger partial charge on any atom is 0.255 e. The number of hydrogen-bond acceptors (Lipinski definition) is 3. The first-order valence-electron chi connectivity index (χ1n) is 5.93. The Morgan fingerprint density at radius 1 is 1.00 bits per heavy atom. The number of anilines is 1. The quantitative estimate of drug-likeness (QED) is 0.926. The molecule has 0 spiro atoms. The van der Waals surface area contributed by atoms with E-state index in [2.05, 4.69) is 21.2 Å². The molecule has 0 radical (unpaired) electrons. The van der Waals surface area contributed by atoms with Crippen molar-refractivity contribution in [3.63, 3.8) is 0 Å². The van der Waals surface area contributed by atoms with Crippen molar-refractivity contribution in [2.75, 3.05) is 19.5 Å². The molecule has 0 aromatic heterocycles. The van der Waals surface area contributed by atoms with Crippen molar-refractivity contribution >= 4 is 27.5 Å². The first-order valence-corrected chi connectivity index (χ1v) is 6.72. The van der Waals surface area contributed by atoms with Gasteiger partial charge in [-0.3, -0.25) is 4.79 Å². The van der Waals surface area contributed by atoms with Gasteiger partial charge in [-0.05, 0) is 52.3 Å². The molecule has 2 rings (SSSR count). The summed E-state index contributed by atoms with van der Waals surface area (Å²) < 4.78 is 11.0. The van der Waals surface area contributed by atoms with Crippen LogP contribution in [0.4, 0.5) is 5.69 Å². The fraction of sp³-hybridized carbons (Fsp3) is 0.133. The number of methoxy groups -OCH3 is 2. The zero-order valence-corrected chi connectivity index (χ0v) is 12.7. The lowest BCUT2D eigenvalue weighted by Crippen LogP contribution is -2.12. The summed E-state index contributed by atoms with van der Waals surface area (Å²) in [6.07, 6.45) is 0. The molecule has 1 amide bonds. The van der Waals surface area contributed by atoms with Crippen LogP contribution in [0.5, 0.6) is 11.5 Å². The van der Waals surface area contributed by atoms with Crippen molar-refractivity contribution in [1.82, 2.24) is 0 Å². The van der Waals surface area contributed by atoms with Crippen molar-refractivity contribution in [3.8, 4) is 11.5 Å². The number of benzene rings is 2. The fourth-order valence-electron chi connectivity index (χ4n) is 1.66. The third kappa shape index (κ3) is 3.30. The predicted molar refractivity (Wildman–Crippen MR) is 81.6 cm³/mol. The summed E-state index contributed by atoms with van der Waals surface area (Å²) in [5.74, 6) is 1.20. The van der Waals surface area contributed by atoms with Gasteiger partial charge in [-0.2, -0.15) is 0 Å². The molecule has 1 N–H and O–H groups in total. The second-order valence-electron chi connectivity index (χ2n) is 4.03. The lowest BCUT2D eigenvalue weighted by atomic mass is 10.2. The summed E-state index contributed by atoms with van der Waals surface area (Å²) in [4.78, 5) is 12.2. The predicted octanol–water partition coefficient (Wildman–Crippen LogP) is 3.72. The molecule has 0 aliphatic heterocycles. The van der Waals surface area contributed by atoms with Gasteiger partial charge in [0.25, 0.3) is 5.91 Å². The maximum atomic E-state index is 12.2. The molecule has 0 unspecified atom stereocenters. The minimum absolute atomic E-state index is 0.193. The molecule has 104 valence electrons. The van der Waals surface area contributed by atoms with Crippen molar-refractivity contribution < 1.29 is 14.3 Å². The molecule has 5 heteroatoms. The highest BCUT2D eigenvalue weighted by molar-refractivity contribution is 9.10. The van der Waals surface area contributed by atoms with E-state index in [1.54, 1.807) is 44.6 Å². The molecule has 0 heterocycles. The summed E-state index contributed by atoms with van der Waals surface area (Å²) in [5.41, 5.74) is 1.21. The Morgan fingerprint density at radius 2 is 1.60 bits per heavy atom. The number of nitrogens with one attached hydrogen (secondary N) is 1. The van der Waals surface area contributed by atoms with Crippen LogP contribution in [-0.4, -0.2) is 20.1 Å². The van der Waals surface area contributed by atoms with Gasteiger partial charge in [0.05, 0.1) is 19.9 Å². The molecule has 2 aromatic carbocycles. The molecule has 0 atom stereocenters. The average molecular weight is 336 g/mol. The Balaban J connectivity index is 2.18. The SMILES string of the molecule is COc1ccc(C(=O)Nc2cc(OC)ccc2Br)cc1. The van der Waals surface area contributed by atoms with E-state index in [0.29, 0.717) is 22.7 Å². The van der Waals surface area contributed by atoms with E-state index in [9.17, 15) is 4.79 Å². The number of rotatable bonds is 4. The molecule has 0 saturated carbocycles. The molecule has 0 saturated heterocycles. The average Bonchev–Trinajstić information content (AvgIpc) is 2.49. The Labute approximate surface area is 125 Å². The third-order valence-electron chi connectivity index (χ3n) is 2.77. The Hall–Kier alpha value is -2.01. The van der Waals surface area contributed by atoms with Crippen LogP contribution in [0.3, 0.4) is 0 Å². The molecule has 4 nitrogen and oxygen atoms in total. The summed E-state index contributed by atoms with van der Waals surface area (Å²) in [6.45, 7) is 0. The highest BCUT2D eigenvalue weighted by Gasteiger charge is 2.09. The number of halogens is 1. The van der Waals surface area contributed by atoms with Gasteiger partial charge in [-0.25, -0.2) is 0 Å². The van der Waals surface area contributed by atoms with Crippen LogP contribution in [0.25, 0.3) is 0 Å². The standard InChI is InChI=1S/C15H14BrNO3/c1-19-11-5-3-10(4-6-11)15(18)17-14-9-12(20-2)7-8-13(14)16/h3-9H,1-2H3,(H,17,18). The van der Waals surface area contributed by atoms with E-state index in [-0.39, 0.29) is 5.91 Å². The molecule has 0 aliphatic carbocycles. The zero-order valence-electron chi connectivity index (χ0n) is 11.1. The van der Waals surface area contributed by atoms with E-state index >= 15 is 0 Å². The minimum atomic E-state index is -0.193. The largest absolute Gasteiger partial charge is 0.497 e. The first kappa shape index (κ1) is 14.4. The number of ether oxygens (including phenoxy) is 2. The van der Waals surface area contributed by atoms with E-state index in [0.717, 1.165) is 4.47 Å². The van der Waals surface area contributed by atoms with Crippen molar-refractivity contribution in [3.05, 3.63) is 52.5 Å². The minimum Gasteiger partial charge on any atom is -0.497 e. The summed E-state index contributed by atoms with van der Waals surface area (Å²) >= 11 is 3.39. The van der Waals surface area contributed by atoms with Gasteiger partial charge in [0, 0.05) is 16.1 Å². The maximum absolute atomic E-state index is 12.2. The van der Waals surface area contributed by atoms with Crippen LogP contribution in [0.1, 0.15) is 10.4 Å². The van der Waals surface area contributed by atoms with Crippen LogP contribution in [0.15, 0.2) is 46.9 Å². The van der Waals surface area contributed by atoms with Crippen LogP contribution in [0, 0.1) is 0 Å². The van der Waals surface area contributed by atoms with Crippen molar-refractivity contribution in [2.24, 2.45) is 0 Å². The fourth-order valence-corrected chi connectivity index (χ4v) is 2.01. The monoisotopic (exact) mass is 335 g/mol. The molecule has 0 bridgehead atoms. The summed E-state index contributed by atoms with van der Waals surface area (Å²) in [5, 5.41) is 2.83. The lowest BCUT2D eigenvalue weighted by Gasteiger charge is -2.09. The van der Waals surface area contributed by atoms with Gasteiger partial charge in [0.2, 0.25) is 0 Å². The Kier molecular flexibility index (Phi) is 4.63. The van der Waals surface area contributed by atoms with Crippen molar-refractivity contribution in [2.45, 2.75) is 0 Å². The molecule has 0 aliphatic rings. The zero-order chi connectivity index (χ0) is 14.5. The molecule has 0 fully saturated rings. The summed E-state index contributed by atoms with van der Waals surface area (Å²) in [6, 6.07) is 12.3. The van der Waals surface area contributed by atoms with Gasteiger partial charge in [-0.15, -0.1) is 0 Å². The van der Waals surface area contributed by atoms with Gasteiger partial charge in [0.1, 0.15) is 11.5 Å². The molecule has 2 aromatic rings. The third-order valence-corrected chi connectivity index (χ3v) is 3.47. The molecular weight excluding hydrogens is 322 g/mol. The number of hydrogen-bond donors (Lipinski definition) is 1. The Morgan fingerprint density at radius 3 is 2.20 bits per heavy atom. The number of carbonyl (C=O) groups excluding carboxylic acids is 1. The molecule has 20 heavy (non-hydrogen) atoms. The lowest BCUT2D eigenvalue weighted by molar-refractivity contribution is 0.102. The van der Waals surface area contributed by atoms with E-state index in [4.69, 9.17) is 9.47 Å². The highest BCUT2D eigenvalue weighted by atomic mass is 79.9. The van der Waals surface area contributed by atoms with Gasteiger partial charge < -0.3 is 14.8 Å². The van der Waals surface area contributed by atoms with Gasteiger partial charge in [0.15, 0.2) is 0 Å². The van der Waals surface area contributed by atoms with E-state index in [1.165, 1.54) is 0 Å². The topological polar surface area (TPSA) is 47.6 Å².